The minimum absolute atomic E-state index is 0.224. The molecule has 0 spiro atoms. The van der Waals surface area contributed by atoms with Crippen LogP contribution < -0.4 is 5.32 Å². The number of aryl methyl sites for hydroxylation is 1. The third kappa shape index (κ3) is 3.24. The molecule has 0 aliphatic heterocycles. The molecule has 2 aromatic rings. The van der Waals surface area contributed by atoms with Gasteiger partial charge in [0.2, 0.25) is 0 Å². The van der Waals surface area contributed by atoms with Crippen LogP contribution in [0.4, 0.5) is 10.8 Å². The summed E-state index contributed by atoms with van der Waals surface area (Å²) in [7, 11) is 1.39. The predicted molar refractivity (Wildman–Crippen MR) is 84.2 cm³/mol. The Kier molecular flexibility index (Phi) is 4.20. The molecule has 3 rings (SSSR count). The summed E-state index contributed by atoms with van der Waals surface area (Å²) in [6.07, 6.45) is 5.03. The highest BCUT2D eigenvalue weighted by molar-refractivity contribution is 7.13. The van der Waals surface area contributed by atoms with Crippen LogP contribution in [0.2, 0.25) is 0 Å². The monoisotopic (exact) mass is 302 g/mol. The van der Waals surface area contributed by atoms with E-state index in [0.717, 1.165) is 29.4 Å². The average molecular weight is 302 g/mol. The molecule has 1 aromatic carbocycles. The number of methoxy groups -OCH3 is 1. The molecule has 4 nitrogen and oxygen atoms in total. The van der Waals surface area contributed by atoms with Crippen molar-refractivity contribution in [2.24, 2.45) is 0 Å². The number of nitrogens with one attached hydrogen (secondary N) is 1. The summed E-state index contributed by atoms with van der Waals surface area (Å²) in [4.78, 5) is 15.7. The van der Waals surface area contributed by atoms with Crippen LogP contribution in [0, 0.1) is 0 Å². The smallest absolute Gasteiger partial charge is 0.311 e. The molecule has 110 valence electrons. The number of hydrogen-bond acceptors (Lipinski definition) is 5. The third-order valence-electron chi connectivity index (χ3n) is 3.74. The summed E-state index contributed by atoms with van der Waals surface area (Å²) in [6, 6.07) is 6.41. The fourth-order valence-electron chi connectivity index (χ4n) is 2.68. The van der Waals surface area contributed by atoms with Crippen LogP contribution in [0.5, 0.6) is 0 Å². The zero-order chi connectivity index (χ0) is 14.7. The molecule has 0 saturated heterocycles. The van der Waals surface area contributed by atoms with Crippen molar-refractivity contribution < 1.29 is 9.53 Å². The van der Waals surface area contributed by atoms with Gasteiger partial charge in [-0.3, -0.25) is 4.79 Å². The van der Waals surface area contributed by atoms with Crippen molar-refractivity contribution in [3.8, 4) is 0 Å². The van der Waals surface area contributed by atoms with Crippen molar-refractivity contribution in [3.05, 3.63) is 40.4 Å². The van der Waals surface area contributed by atoms with Crippen molar-refractivity contribution in [1.29, 1.82) is 0 Å². The maximum Gasteiger partial charge on any atom is 0.311 e. The second-order valence-corrected chi connectivity index (χ2v) is 6.03. The topological polar surface area (TPSA) is 51.2 Å². The van der Waals surface area contributed by atoms with Gasteiger partial charge in [0, 0.05) is 11.1 Å². The van der Waals surface area contributed by atoms with Crippen LogP contribution in [0.15, 0.2) is 23.6 Å². The number of nitrogens with zero attached hydrogens (tertiary/aromatic N) is 1. The molecule has 0 bridgehead atoms. The van der Waals surface area contributed by atoms with Crippen LogP contribution in [0.1, 0.15) is 29.7 Å². The van der Waals surface area contributed by atoms with E-state index in [2.05, 4.69) is 33.2 Å². The molecule has 0 unspecified atom stereocenters. The van der Waals surface area contributed by atoms with Crippen molar-refractivity contribution >= 4 is 28.1 Å². The number of anilines is 2. The first-order valence-electron chi connectivity index (χ1n) is 7.15. The summed E-state index contributed by atoms with van der Waals surface area (Å²) >= 11 is 1.52. The summed E-state index contributed by atoms with van der Waals surface area (Å²) in [6.45, 7) is 0. The molecule has 0 radical (unpaired) electrons. The van der Waals surface area contributed by atoms with E-state index in [1.807, 2.05) is 5.38 Å². The van der Waals surface area contributed by atoms with Gasteiger partial charge < -0.3 is 10.1 Å². The fourth-order valence-corrected chi connectivity index (χ4v) is 3.40. The normalized spacial score (nSPS) is 13.6. The first-order chi connectivity index (χ1) is 10.3. The van der Waals surface area contributed by atoms with Gasteiger partial charge in [0.15, 0.2) is 5.13 Å². The Balaban J connectivity index is 1.76. The van der Waals surface area contributed by atoms with E-state index in [1.54, 1.807) is 0 Å². The third-order valence-corrected chi connectivity index (χ3v) is 4.55. The lowest BCUT2D eigenvalue weighted by Crippen LogP contribution is -2.06. The van der Waals surface area contributed by atoms with Crippen LogP contribution in [-0.2, 0) is 28.8 Å². The molecule has 5 heteroatoms. The number of hydrogen-bond donors (Lipinski definition) is 1. The van der Waals surface area contributed by atoms with Crippen LogP contribution in [0.25, 0.3) is 0 Å². The molecule has 1 aliphatic rings. The van der Waals surface area contributed by atoms with E-state index in [1.165, 1.54) is 42.4 Å². The number of carbonyl (C=O) groups is 1. The maximum atomic E-state index is 11.3. The van der Waals surface area contributed by atoms with Gasteiger partial charge in [0.1, 0.15) is 0 Å². The molecule has 21 heavy (non-hydrogen) atoms. The van der Waals surface area contributed by atoms with Crippen molar-refractivity contribution in [2.75, 3.05) is 12.4 Å². The molecule has 0 saturated carbocycles. The number of benzene rings is 1. The Morgan fingerprint density at radius 3 is 3.10 bits per heavy atom. The lowest BCUT2D eigenvalue weighted by atomic mass is 9.90. The van der Waals surface area contributed by atoms with E-state index in [0.29, 0.717) is 0 Å². The van der Waals surface area contributed by atoms with Gasteiger partial charge in [0.05, 0.1) is 19.2 Å². The minimum atomic E-state index is -0.260. The molecule has 0 amide bonds. The summed E-state index contributed by atoms with van der Waals surface area (Å²) in [5.41, 5.74) is 4.75. The number of thiazole rings is 1. The van der Waals surface area contributed by atoms with Gasteiger partial charge in [-0.15, -0.1) is 11.3 Å². The minimum Gasteiger partial charge on any atom is -0.469 e. The lowest BCUT2D eigenvalue weighted by molar-refractivity contribution is -0.139. The van der Waals surface area contributed by atoms with Gasteiger partial charge in [-0.25, -0.2) is 4.98 Å². The zero-order valence-electron chi connectivity index (χ0n) is 12.0. The van der Waals surface area contributed by atoms with Gasteiger partial charge in [-0.2, -0.15) is 0 Å². The highest BCUT2D eigenvalue weighted by Crippen LogP contribution is 2.30. The number of aromatic nitrogens is 1. The Hall–Kier alpha value is -1.88. The first kappa shape index (κ1) is 14.1. The van der Waals surface area contributed by atoms with Crippen LogP contribution >= 0.6 is 11.3 Å². The van der Waals surface area contributed by atoms with Gasteiger partial charge in [0.25, 0.3) is 0 Å². The summed E-state index contributed by atoms with van der Waals surface area (Å²) < 4.78 is 4.66. The molecule has 1 aromatic heterocycles. The molecule has 1 N–H and O–H groups in total. The van der Waals surface area contributed by atoms with E-state index in [-0.39, 0.29) is 12.4 Å². The Labute approximate surface area is 128 Å². The zero-order valence-corrected chi connectivity index (χ0v) is 12.8. The maximum absolute atomic E-state index is 11.3. The number of esters is 1. The second kappa shape index (κ2) is 6.26. The molecule has 1 heterocycles. The lowest BCUT2D eigenvalue weighted by Gasteiger charge is -2.19. The van der Waals surface area contributed by atoms with Crippen LogP contribution in [-0.4, -0.2) is 18.1 Å². The van der Waals surface area contributed by atoms with Crippen molar-refractivity contribution in [2.45, 2.75) is 32.1 Å². The second-order valence-electron chi connectivity index (χ2n) is 5.17. The standard InChI is InChI=1S/C16H18N2O2S/c1-20-15(19)9-12-10-21-16(17-12)18-14-8-4-6-11-5-2-3-7-13(11)14/h4,6,8,10H,2-3,5,7,9H2,1H3,(H,17,18). The molecule has 0 atom stereocenters. The Bertz CT molecular complexity index is 651. The highest BCUT2D eigenvalue weighted by Gasteiger charge is 2.14. The van der Waals surface area contributed by atoms with E-state index in [4.69, 9.17) is 0 Å². The Morgan fingerprint density at radius 1 is 1.38 bits per heavy atom. The van der Waals surface area contributed by atoms with Crippen molar-refractivity contribution in [3.63, 3.8) is 0 Å². The molecule has 0 fully saturated rings. The first-order valence-corrected chi connectivity index (χ1v) is 8.03. The largest absolute Gasteiger partial charge is 0.469 e. The van der Waals surface area contributed by atoms with E-state index >= 15 is 0 Å². The number of fused-ring (bicyclic) bond motifs is 1. The molecular formula is C16H18N2O2S. The number of rotatable bonds is 4. The number of carbonyl (C=O) groups excluding carboxylic acids is 1. The van der Waals surface area contributed by atoms with Gasteiger partial charge in [-0.05, 0) is 42.9 Å². The van der Waals surface area contributed by atoms with Gasteiger partial charge >= 0.3 is 5.97 Å². The predicted octanol–water partition coefficient (Wildman–Crippen LogP) is 3.48. The molecule has 1 aliphatic carbocycles. The van der Waals surface area contributed by atoms with E-state index in [9.17, 15) is 4.79 Å². The highest BCUT2D eigenvalue weighted by atomic mass is 32.1. The summed E-state index contributed by atoms with van der Waals surface area (Å²) in [5, 5.41) is 6.12. The van der Waals surface area contributed by atoms with E-state index < -0.39 is 0 Å². The fraction of sp³-hybridized carbons (Fsp3) is 0.375. The molecular weight excluding hydrogens is 284 g/mol. The van der Waals surface area contributed by atoms with Gasteiger partial charge in [-0.1, -0.05) is 12.1 Å². The average Bonchev–Trinajstić information content (AvgIpc) is 2.94. The summed E-state index contributed by atoms with van der Waals surface area (Å²) in [5.74, 6) is -0.260. The van der Waals surface area contributed by atoms with Crippen molar-refractivity contribution in [1.82, 2.24) is 4.98 Å². The quantitative estimate of drug-likeness (QED) is 0.879. The van der Waals surface area contributed by atoms with Crippen LogP contribution in [0.3, 0.4) is 0 Å². The number of ether oxygens (including phenoxy) is 1. The Morgan fingerprint density at radius 2 is 2.24 bits per heavy atom. The SMILES string of the molecule is COC(=O)Cc1csc(Nc2cccc3c2CCCC3)n1.